The second-order valence-corrected chi connectivity index (χ2v) is 11.5. The second-order valence-electron chi connectivity index (χ2n) is 11.5. The molecule has 8 aromatic rings. The summed E-state index contributed by atoms with van der Waals surface area (Å²) in [5, 5.41) is 11.9. The number of furan rings is 1. The van der Waals surface area contributed by atoms with Gasteiger partial charge in [0, 0.05) is 16.3 Å². The summed E-state index contributed by atoms with van der Waals surface area (Å²) >= 11 is 0. The lowest BCUT2D eigenvalue weighted by Crippen LogP contribution is -2.11. The van der Waals surface area contributed by atoms with Crippen LogP contribution in [0.2, 0.25) is 0 Å². The largest absolute Gasteiger partial charge is 0.455 e. The minimum Gasteiger partial charge on any atom is -0.455 e. The van der Waals surface area contributed by atoms with Crippen LogP contribution >= 0.6 is 0 Å². The second kappa shape index (κ2) is 9.89. The normalized spacial score (nSPS) is 14.0. The van der Waals surface area contributed by atoms with E-state index < -0.39 is 0 Å². The van der Waals surface area contributed by atoms with Crippen LogP contribution in [0.3, 0.4) is 0 Å². The highest BCUT2D eigenvalue weighted by Gasteiger charge is 2.21. The molecule has 9 rings (SSSR count). The minimum absolute atomic E-state index is 0.0867. The van der Waals surface area contributed by atoms with Gasteiger partial charge in [0.2, 0.25) is 0 Å². The van der Waals surface area contributed by atoms with Gasteiger partial charge < -0.3 is 15.1 Å². The maximum Gasteiger partial charge on any atom is 0.143 e. The van der Waals surface area contributed by atoms with Crippen molar-refractivity contribution in [1.29, 1.82) is 0 Å². The van der Waals surface area contributed by atoms with E-state index in [0.717, 1.165) is 44.4 Å². The summed E-state index contributed by atoms with van der Waals surface area (Å²) in [6.45, 7) is 0. The number of nitrogens with one attached hydrogen (secondary N) is 2. The van der Waals surface area contributed by atoms with Gasteiger partial charge in [0.05, 0.1) is 11.4 Å². The Bertz CT molecular complexity index is 2320. The van der Waals surface area contributed by atoms with Crippen molar-refractivity contribution in [1.82, 2.24) is 0 Å². The fourth-order valence-corrected chi connectivity index (χ4v) is 6.62. The third-order valence-corrected chi connectivity index (χ3v) is 8.87. The van der Waals surface area contributed by atoms with Crippen LogP contribution in [0.1, 0.15) is 11.7 Å². The highest BCUT2D eigenvalue weighted by atomic mass is 16.3. The number of rotatable bonds is 4. The van der Waals surface area contributed by atoms with Crippen LogP contribution in [-0.2, 0) is 0 Å². The summed E-state index contributed by atoms with van der Waals surface area (Å²) in [6.07, 6.45) is 0.0867. The molecule has 7 aromatic carbocycles. The van der Waals surface area contributed by atoms with E-state index in [1.807, 2.05) is 18.2 Å². The van der Waals surface area contributed by atoms with Gasteiger partial charge in [-0.15, -0.1) is 0 Å². The lowest BCUT2D eigenvalue weighted by atomic mass is 9.93. The molecule has 208 valence electrons. The molecule has 2 heterocycles. The van der Waals surface area contributed by atoms with Gasteiger partial charge >= 0.3 is 0 Å². The molecule has 3 nitrogen and oxygen atoms in total. The van der Waals surface area contributed by atoms with Crippen LogP contribution < -0.4 is 10.6 Å². The molecule has 0 spiro atoms. The van der Waals surface area contributed by atoms with E-state index in [1.54, 1.807) is 0 Å². The number of fused-ring (bicyclic) bond motifs is 5. The summed E-state index contributed by atoms with van der Waals surface area (Å²) in [5.41, 5.74) is 12.4. The summed E-state index contributed by atoms with van der Waals surface area (Å²) in [4.78, 5) is 0. The molecule has 0 radical (unpaired) electrons. The van der Waals surface area contributed by atoms with Crippen molar-refractivity contribution in [2.75, 3.05) is 10.6 Å². The molecule has 1 unspecified atom stereocenters. The van der Waals surface area contributed by atoms with Crippen molar-refractivity contribution in [2.24, 2.45) is 0 Å². The zero-order chi connectivity index (χ0) is 29.0. The Kier molecular flexibility index (Phi) is 5.57. The summed E-state index contributed by atoms with van der Waals surface area (Å²) in [7, 11) is 0. The Hall–Kier alpha value is -5.80. The van der Waals surface area contributed by atoms with E-state index in [-0.39, 0.29) is 6.17 Å². The molecule has 0 bridgehead atoms. The van der Waals surface area contributed by atoms with Gasteiger partial charge in [0.1, 0.15) is 17.3 Å². The lowest BCUT2D eigenvalue weighted by Gasteiger charge is -2.12. The van der Waals surface area contributed by atoms with E-state index >= 15 is 0 Å². The van der Waals surface area contributed by atoms with E-state index in [0.29, 0.717) is 0 Å². The predicted octanol–water partition coefficient (Wildman–Crippen LogP) is 11.3. The molecule has 0 fully saturated rings. The Morgan fingerprint density at radius 3 is 1.80 bits per heavy atom. The maximum absolute atomic E-state index is 6.46. The lowest BCUT2D eigenvalue weighted by molar-refractivity contribution is 0.670. The first kappa shape index (κ1) is 24.8. The smallest absolute Gasteiger partial charge is 0.143 e. The van der Waals surface area contributed by atoms with E-state index in [2.05, 4.69) is 144 Å². The fraction of sp³-hybridized carbons (Fsp3) is 0.0244. The summed E-state index contributed by atoms with van der Waals surface area (Å²) in [5.74, 6) is 0. The van der Waals surface area contributed by atoms with E-state index in [4.69, 9.17) is 4.42 Å². The average Bonchev–Trinajstić information content (AvgIpc) is 3.69. The first-order valence-corrected chi connectivity index (χ1v) is 15.0. The highest BCUT2D eigenvalue weighted by molar-refractivity contribution is 6.18. The monoisotopic (exact) mass is 564 g/mol. The Morgan fingerprint density at radius 2 is 1.02 bits per heavy atom. The van der Waals surface area contributed by atoms with Crippen LogP contribution in [-0.4, -0.2) is 0 Å². The predicted molar refractivity (Wildman–Crippen MR) is 184 cm³/mol. The Morgan fingerprint density at radius 1 is 0.432 bits per heavy atom. The minimum atomic E-state index is 0.0867. The average molecular weight is 565 g/mol. The third-order valence-electron chi connectivity index (χ3n) is 8.87. The van der Waals surface area contributed by atoms with Gasteiger partial charge in [0.25, 0.3) is 0 Å². The van der Waals surface area contributed by atoms with Crippen molar-refractivity contribution < 1.29 is 4.42 Å². The molecular formula is C41H28N2O. The Labute approximate surface area is 255 Å². The van der Waals surface area contributed by atoms with Gasteiger partial charge in [-0.05, 0) is 68.4 Å². The molecular weight excluding hydrogens is 536 g/mol. The van der Waals surface area contributed by atoms with Crippen molar-refractivity contribution in [3.8, 4) is 33.4 Å². The highest BCUT2D eigenvalue weighted by Crippen LogP contribution is 2.42. The maximum atomic E-state index is 6.46. The number of anilines is 2. The summed E-state index contributed by atoms with van der Waals surface area (Å²) in [6, 6.07) is 53.9. The molecule has 1 aromatic heterocycles. The van der Waals surface area contributed by atoms with Crippen LogP contribution in [0.4, 0.5) is 11.4 Å². The molecule has 0 aliphatic carbocycles. The standard InChI is InChI=1S/C41H28N2O/c1-2-8-30(9-3-1)41-42-36-23-22-31(25-37(36)43-41)28-16-14-26(15-17-28)27-18-20-29(21-19-27)39-33-11-5-4-10-32(33)24-35-34-12-6-7-13-38(34)44-40(35)39/h1-25,41-43H. The zero-order valence-corrected chi connectivity index (χ0v) is 23.9. The Balaban J connectivity index is 1.03. The molecule has 1 atom stereocenters. The summed E-state index contributed by atoms with van der Waals surface area (Å²) < 4.78 is 6.46. The van der Waals surface area contributed by atoms with E-state index in [1.165, 1.54) is 38.6 Å². The van der Waals surface area contributed by atoms with Gasteiger partial charge in [-0.1, -0.05) is 127 Å². The number of hydrogen-bond donors (Lipinski definition) is 2. The van der Waals surface area contributed by atoms with Crippen LogP contribution in [0, 0.1) is 0 Å². The molecule has 3 heteroatoms. The molecule has 0 saturated heterocycles. The van der Waals surface area contributed by atoms with Crippen LogP contribution in [0.15, 0.2) is 156 Å². The van der Waals surface area contributed by atoms with Crippen LogP contribution in [0.25, 0.3) is 66.1 Å². The van der Waals surface area contributed by atoms with Crippen molar-refractivity contribution in [3.63, 3.8) is 0 Å². The molecule has 2 N–H and O–H groups in total. The topological polar surface area (TPSA) is 37.2 Å². The molecule has 44 heavy (non-hydrogen) atoms. The van der Waals surface area contributed by atoms with Crippen LogP contribution in [0.5, 0.6) is 0 Å². The number of benzene rings is 7. The quantitative estimate of drug-likeness (QED) is 0.223. The fourth-order valence-electron chi connectivity index (χ4n) is 6.62. The molecule has 1 aliphatic rings. The SMILES string of the molecule is c1ccc(C2Nc3ccc(-c4ccc(-c5ccc(-c6c7ccccc7cc7c6oc6ccccc67)cc5)cc4)cc3N2)cc1. The van der Waals surface area contributed by atoms with Crippen molar-refractivity contribution in [2.45, 2.75) is 6.17 Å². The number of para-hydroxylation sites is 1. The van der Waals surface area contributed by atoms with Gasteiger partial charge in [0.15, 0.2) is 0 Å². The molecule has 0 amide bonds. The third kappa shape index (κ3) is 4.05. The first-order chi connectivity index (χ1) is 21.8. The van der Waals surface area contributed by atoms with Crippen molar-refractivity contribution >= 4 is 44.1 Å². The zero-order valence-electron chi connectivity index (χ0n) is 23.9. The van der Waals surface area contributed by atoms with Gasteiger partial charge in [-0.2, -0.15) is 0 Å². The van der Waals surface area contributed by atoms with E-state index in [9.17, 15) is 0 Å². The molecule has 0 saturated carbocycles. The van der Waals surface area contributed by atoms with Gasteiger partial charge in [-0.3, -0.25) is 0 Å². The van der Waals surface area contributed by atoms with Gasteiger partial charge in [-0.25, -0.2) is 0 Å². The van der Waals surface area contributed by atoms with Crippen molar-refractivity contribution in [3.05, 3.63) is 157 Å². The number of hydrogen-bond acceptors (Lipinski definition) is 3. The first-order valence-electron chi connectivity index (χ1n) is 15.0. The molecule has 1 aliphatic heterocycles.